The van der Waals surface area contributed by atoms with Crippen molar-refractivity contribution in [2.24, 2.45) is 5.92 Å². The van der Waals surface area contributed by atoms with Crippen LogP contribution in [0.5, 0.6) is 0 Å². The summed E-state index contributed by atoms with van der Waals surface area (Å²) < 4.78 is 32.2. The quantitative estimate of drug-likeness (QED) is 0.120. The van der Waals surface area contributed by atoms with E-state index in [0.29, 0.717) is 48.4 Å². The van der Waals surface area contributed by atoms with Crippen LogP contribution in [0.1, 0.15) is 100 Å². The Labute approximate surface area is 285 Å². The molecule has 0 aromatic rings. The Morgan fingerprint density at radius 3 is 2.40 bits per heavy atom. The number of carbonyl (C=O) groups is 1. The van der Waals surface area contributed by atoms with Gasteiger partial charge in [-0.1, -0.05) is 103 Å². The molecular formula is C39H62O7Si. The summed E-state index contributed by atoms with van der Waals surface area (Å²) in [4.78, 5) is 13.5. The Bertz CT molecular complexity index is 1150. The van der Waals surface area contributed by atoms with Gasteiger partial charge < -0.3 is 28.5 Å². The molecule has 7 nitrogen and oxygen atoms in total. The van der Waals surface area contributed by atoms with Crippen LogP contribution in [-0.4, -0.2) is 74.8 Å². The molecule has 47 heavy (non-hydrogen) atoms. The summed E-state index contributed by atoms with van der Waals surface area (Å²) >= 11 is 0. The predicted octanol–water partition coefficient (Wildman–Crippen LogP) is 8.30. The second-order valence-corrected chi connectivity index (χ2v) is 20.8. The maximum absolute atomic E-state index is 13.5. The summed E-state index contributed by atoms with van der Waals surface area (Å²) in [6.45, 7) is 22.8. The molecule has 4 aliphatic rings. The summed E-state index contributed by atoms with van der Waals surface area (Å²) in [7, 11) is -2.39. The number of aliphatic hydroxyl groups excluding tert-OH is 1. The molecule has 0 aromatic heterocycles. The van der Waals surface area contributed by atoms with Crippen LogP contribution in [-0.2, 0) is 28.2 Å². The second kappa shape index (κ2) is 17.2. The zero-order valence-electron chi connectivity index (χ0n) is 30.2. The maximum Gasteiger partial charge on any atom is 0.330 e. The predicted molar refractivity (Wildman–Crippen MR) is 191 cm³/mol. The zero-order chi connectivity index (χ0) is 34.3. The van der Waals surface area contributed by atoms with E-state index in [2.05, 4.69) is 92.3 Å². The van der Waals surface area contributed by atoms with Crippen molar-refractivity contribution >= 4 is 14.3 Å². The molecule has 1 unspecified atom stereocenters. The second-order valence-electron chi connectivity index (χ2n) is 15.4. The highest BCUT2D eigenvalue weighted by Crippen LogP contribution is 2.44. The van der Waals surface area contributed by atoms with Crippen molar-refractivity contribution in [2.45, 2.75) is 166 Å². The fourth-order valence-electron chi connectivity index (χ4n) is 8.20. The van der Waals surface area contributed by atoms with Crippen LogP contribution in [0.15, 0.2) is 60.3 Å². The summed E-state index contributed by atoms with van der Waals surface area (Å²) in [5.41, 5.74) is 3.36. The molecule has 0 saturated carbocycles. The Hall–Kier alpha value is -1.81. The summed E-state index contributed by atoms with van der Waals surface area (Å²) in [5.74, 6) is -0.0196. The highest BCUT2D eigenvalue weighted by atomic mass is 28.4. The van der Waals surface area contributed by atoms with Crippen LogP contribution >= 0.6 is 0 Å². The van der Waals surface area contributed by atoms with Crippen molar-refractivity contribution in [2.75, 3.05) is 6.61 Å². The SMILES string of the molecule is C=C1C[C@H](C)C[C@@H]2CC=C[C@@H](C/C=C\C(=O)O[C@H]([C@H](/C=C/[C@@H]3CC(C)=CCO3)O[Si](C(C)C)(C(C)C)C(C)C)C[C@@H]3OC3[C@@H](O)C1)O2. The minimum Gasteiger partial charge on any atom is -0.456 e. The monoisotopic (exact) mass is 670 g/mol. The number of hydrogen-bond acceptors (Lipinski definition) is 7. The third-order valence-corrected chi connectivity index (χ3v) is 16.6. The van der Waals surface area contributed by atoms with Gasteiger partial charge in [0, 0.05) is 12.5 Å². The van der Waals surface area contributed by atoms with Crippen molar-refractivity contribution < 1.29 is 33.3 Å². The number of ether oxygens (including phenoxy) is 4. The summed E-state index contributed by atoms with van der Waals surface area (Å²) in [6.07, 6.45) is 16.6. The van der Waals surface area contributed by atoms with Gasteiger partial charge in [-0.2, -0.15) is 0 Å². The van der Waals surface area contributed by atoms with E-state index in [1.54, 1.807) is 0 Å². The highest BCUT2D eigenvalue weighted by molar-refractivity contribution is 6.77. The number of aliphatic hydroxyl groups is 1. The Morgan fingerprint density at radius 1 is 1.00 bits per heavy atom. The minimum atomic E-state index is -2.39. The molecule has 0 amide bonds. The number of hydrogen-bond donors (Lipinski definition) is 1. The Kier molecular flexibility index (Phi) is 13.9. The molecule has 8 heteroatoms. The molecular weight excluding hydrogens is 609 g/mol. The molecule has 264 valence electrons. The van der Waals surface area contributed by atoms with Gasteiger partial charge in [0.1, 0.15) is 18.3 Å². The number of cyclic esters (lactones) is 1. The fourth-order valence-corrected chi connectivity index (χ4v) is 13.7. The largest absolute Gasteiger partial charge is 0.456 e. The lowest BCUT2D eigenvalue weighted by atomic mass is 9.91. The first-order valence-corrected chi connectivity index (χ1v) is 20.2. The summed E-state index contributed by atoms with van der Waals surface area (Å²) in [6, 6.07) is 0. The Balaban J connectivity index is 1.65. The average molecular weight is 671 g/mol. The molecule has 0 aliphatic carbocycles. The Morgan fingerprint density at radius 2 is 1.72 bits per heavy atom. The smallest absolute Gasteiger partial charge is 0.330 e. The zero-order valence-corrected chi connectivity index (χ0v) is 31.2. The molecule has 0 aromatic carbocycles. The van der Waals surface area contributed by atoms with Gasteiger partial charge in [0.25, 0.3) is 0 Å². The fraction of sp³-hybridized carbons (Fsp3) is 0.718. The van der Waals surface area contributed by atoms with Crippen LogP contribution in [0.4, 0.5) is 0 Å². The van der Waals surface area contributed by atoms with E-state index in [1.165, 1.54) is 11.6 Å². The number of carbonyl (C=O) groups excluding carboxylic acids is 1. The van der Waals surface area contributed by atoms with Gasteiger partial charge in [0.15, 0.2) is 0 Å². The van der Waals surface area contributed by atoms with Crippen molar-refractivity contribution in [1.82, 2.24) is 0 Å². The van der Waals surface area contributed by atoms with Crippen LogP contribution in [0.2, 0.25) is 16.6 Å². The molecule has 0 spiro atoms. The third-order valence-electron chi connectivity index (χ3n) is 10.5. The molecule has 0 radical (unpaired) electrons. The van der Waals surface area contributed by atoms with Crippen molar-refractivity contribution in [1.29, 1.82) is 0 Å². The third kappa shape index (κ3) is 10.6. The first kappa shape index (κ1) is 38.0. The van der Waals surface area contributed by atoms with E-state index >= 15 is 0 Å². The minimum absolute atomic E-state index is 0.0679. The van der Waals surface area contributed by atoms with Crippen molar-refractivity contribution in [3.63, 3.8) is 0 Å². The standard InChI is InChI=1S/C39H62O7Si/c1-25(2)47(26(3)4,27(5)6)46-35(17-16-32-21-28(7)18-19-42-32)36-24-37-39(45-37)34(40)23-30(9)20-29(8)22-33-14-10-12-31(43-33)13-11-15-38(41)44-36/h10-12,15-18,25-27,29,31-37,39-40H,9,13-14,19-24H2,1-8H3/b15-11-,17-16+/t29-,31-,32+,33-,34-,35-,36-,37-,39?/m0/s1. The van der Waals surface area contributed by atoms with Gasteiger partial charge in [0.05, 0.1) is 37.1 Å². The van der Waals surface area contributed by atoms with E-state index < -0.39 is 32.6 Å². The molecule has 4 heterocycles. The number of fused-ring (bicyclic) bond motifs is 3. The highest BCUT2D eigenvalue weighted by Gasteiger charge is 2.51. The number of epoxide rings is 1. The van der Waals surface area contributed by atoms with Crippen molar-refractivity contribution in [3.8, 4) is 0 Å². The van der Waals surface area contributed by atoms with E-state index in [4.69, 9.17) is 23.4 Å². The summed E-state index contributed by atoms with van der Waals surface area (Å²) in [5, 5.41) is 11.2. The van der Waals surface area contributed by atoms with Gasteiger partial charge in [-0.3, -0.25) is 0 Å². The van der Waals surface area contributed by atoms with E-state index in [1.807, 2.05) is 6.08 Å². The van der Waals surface area contributed by atoms with Gasteiger partial charge in [-0.25, -0.2) is 4.79 Å². The lowest BCUT2D eigenvalue weighted by Gasteiger charge is -2.45. The molecule has 9 atom stereocenters. The van der Waals surface area contributed by atoms with Gasteiger partial charge in [-0.15, -0.1) is 0 Å². The maximum atomic E-state index is 13.5. The topological polar surface area (TPSA) is 86.8 Å². The van der Waals surface area contributed by atoms with Crippen LogP contribution in [0, 0.1) is 5.92 Å². The first-order valence-electron chi connectivity index (χ1n) is 18.1. The van der Waals surface area contributed by atoms with E-state index in [0.717, 1.165) is 31.3 Å². The van der Waals surface area contributed by atoms with Gasteiger partial charge in [-0.05, 0) is 68.0 Å². The lowest BCUT2D eigenvalue weighted by molar-refractivity contribution is -0.147. The van der Waals surface area contributed by atoms with E-state index in [-0.39, 0.29) is 30.5 Å². The van der Waals surface area contributed by atoms with Crippen LogP contribution < -0.4 is 0 Å². The first-order chi connectivity index (χ1) is 22.3. The van der Waals surface area contributed by atoms with E-state index in [9.17, 15) is 9.90 Å². The normalized spacial score (nSPS) is 34.5. The molecule has 2 bridgehead atoms. The van der Waals surface area contributed by atoms with Gasteiger partial charge >= 0.3 is 5.97 Å². The average Bonchev–Trinajstić information content (AvgIpc) is 3.75. The lowest BCUT2D eigenvalue weighted by Crippen LogP contribution is -2.52. The molecule has 4 aliphatic heterocycles. The van der Waals surface area contributed by atoms with Crippen molar-refractivity contribution in [3.05, 3.63) is 60.3 Å². The van der Waals surface area contributed by atoms with Crippen LogP contribution in [0.25, 0.3) is 0 Å². The number of rotatable bonds is 8. The number of esters is 1. The molecule has 1 saturated heterocycles. The molecule has 1 fully saturated rings. The van der Waals surface area contributed by atoms with Crippen LogP contribution in [0.3, 0.4) is 0 Å². The molecule has 4 rings (SSSR count). The van der Waals surface area contributed by atoms with Gasteiger partial charge in [0.2, 0.25) is 8.32 Å². The molecule has 1 N–H and O–H groups in total.